The van der Waals surface area contributed by atoms with Crippen LogP contribution in [0.4, 0.5) is 5.69 Å². The lowest BCUT2D eigenvalue weighted by Gasteiger charge is -2.25. The lowest BCUT2D eigenvalue weighted by atomic mass is 10.1. The second-order valence-corrected chi connectivity index (χ2v) is 7.23. The minimum Gasteiger partial charge on any atom is -0.497 e. The molecular weight excluding hydrogens is 318 g/mol. The molecule has 0 aliphatic heterocycles. The van der Waals surface area contributed by atoms with E-state index in [0.29, 0.717) is 0 Å². The minimum atomic E-state index is 0.917. The maximum absolute atomic E-state index is 5.31. The van der Waals surface area contributed by atoms with Crippen LogP contribution < -0.4 is 9.64 Å². The average molecular weight is 354 g/mol. The fraction of sp³-hybridized carbons (Fsp3) is 0.500. The Kier molecular flexibility index (Phi) is 9.09. The zero-order chi connectivity index (χ0) is 18.6. The average Bonchev–Trinajstić information content (AvgIpc) is 2.68. The number of unbranched alkanes of at least 4 members (excludes halogenated alkanes) is 6. The molecule has 2 rings (SSSR count). The largest absolute Gasteiger partial charge is 0.497 e. The van der Waals surface area contributed by atoms with Crippen LogP contribution in [0.25, 0.3) is 0 Å². The fourth-order valence-electron chi connectivity index (χ4n) is 3.27. The van der Waals surface area contributed by atoms with Gasteiger partial charge >= 0.3 is 0 Å². The lowest BCUT2D eigenvalue weighted by molar-refractivity contribution is 0.415. The van der Waals surface area contributed by atoms with Gasteiger partial charge in [0.15, 0.2) is 0 Å². The standard InChI is InChI=1S/C24H35NO/c1-4-5-6-7-8-9-10-19-25(20-22-13-11-21(2)12-14-22)23-15-17-24(26-3)18-16-23/h11-18H,4-10,19-20H2,1-3H3. The summed E-state index contributed by atoms with van der Waals surface area (Å²) < 4.78 is 5.31. The third-order valence-electron chi connectivity index (χ3n) is 4.96. The summed E-state index contributed by atoms with van der Waals surface area (Å²) >= 11 is 0. The van der Waals surface area contributed by atoms with E-state index in [2.05, 4.69) is 67.3 Å². The molecule has 0 aliphatic rings. The highest BCUT2D eigenvalue weighted by Crippen LogP contribution is 2.22. The van der Waals surface area contributed by atoms with Crippen molar-refractivity contribution >= 4 is 5.69 Å². The van der Waals surface area contributed by atoms with Gasteiger partial charge in [-0.25, -0.2) is 0 Å². The van der Waals surface area contributed by atoms with Gasteiger partial charge in [0.25, 0.3) is 0 Å². The number of hydrogen-bond donors (Lipinski definition) is 0. The van der Waals surface area contributed by atoms with Gasteiger partial charge in [0, 0.05) is 18.8 Å². The van der Waals surface area contributed by atoms with Gasteiger partial charge in [-0.05, 0) is 43.2 Å². The molecule has 0 bridgehead atoms. The number of anilines is 1. The lowest BCUT2D eigenvalue weighted by Crippen LogP contribution is -2.23. The third kappa shape index (κ3) is 7.11. The van der Waals surface area contributed by atoms with Gasteiger partial charge in [0.2, 0.25) is 0 Å². The quantitative estimate of drug-likeness (QED) is 0.391. The Hall–Kier alpha value is -1.96. The molecule has 0 aliphatic carbocycles. The van der Waals surface area contributed by atoms with Crippen molar-refractivity contribution in [2.45, 2.75) is 65.3 Å². The van der Waals surface area contributed by atoms with Gasteiger partial charge in [0.1, 0.15) is 5.75 Å². The van der Waals surface area contributed by atoms with Crippen molar-refractivity contribution in [2.24, 2.45) is 0 Å². The van der Waals surface area contributed by atoms with Crippen LogP contribution in [-0.2, 0) is 6.54 Å². The van der Waals surface area contributed by atoms with Crippen LogP contribution >= 0.6 is 0 Å². The molecule has 0 N–H and O–H groups in total. The fourth-order valence-corrected chi connectivity index (χ4v) is 3.27. The van der Waals surface area contributed by atoms with E-state index in [1.54, 1.807) is 7.11 Å². The molecule has 0 spiro atoms. The van der Waals surface area contributed by atoms with Crippen LogP contribution in [0.3, 0.4) is 0 Å². The number of aryl methyl sites for hydroxylation is 1. The van der Waals surface area contributed by atoms with Crippen molar-refractivity contribution in [3.63, 3.8) is 0 Å². The summed E-state index contributed by atoms with van der Waals surface area (Å²) in [5, 5.41) is 0. The molecule has 0 aromatic heterocycles. The predicted octanol–water partition coefficient (Wildman–Crippen LogP) is 6.76. The number of ether oxygens (including phenoxy) is 1. The van der Waals surface area contributed by atoms with Gasteiger partial charge in [-0.2, -0.15) is 0 Å². The van der Waals surface area contributed by atoms with Crippen molar-refractivity contribution in [1.82, 2.24) is 0 Å². The van der Waals surface area contributed by atoms with Gasteiger partial charge in [-0.1, -0.05) is 75.3 Å². The Balaban J connectivity index is 1.93. The van der Waals surface area contributed by atoms with Crippen LogP contribution in [0.15, 0.2) is 48.5 Å². The predicted molar refractivity (Wildman–Crippen MR) is 113 cm³/mol. The maximum Gasteiger partial charge on any atom is 0.119 e. The highest BCUT2D eigenvalue weighted by Gasteiger charge is 2.08. The number of nitrogens with zero attached hydrogens (tertiary/aromatic N) is 1. The first-order valence-corrected chi connectivity index (χ1v) is 10.2. The molecular formula is C24H35NO. The maximum atomic E-state index is 5.31. The van der Waals surface area contributed by atoms with Crippen molar-refractivity contribution < 1.29 is 4.74 Å². The summed E-state index contributed by atoms with van der Waals surface area (Å²) in [5.74, 6) is 0.917. The Morgan fingerprint density at radius 2 is 1.38 bits per heavy atom. The first-order chi connectivity index (χ1) is 12.7. The number of methoxy groups -OCH3 is 1. The molecule has 0 saturated carbocycles. The van der Waals surface area contributed by atoms with E-state index >= 15 is 0 Å². The summed E-state index contributed by atoms with van der Waals surface area (Å²) in [6, 6.07) is 17.4. The zero-order valence-corrected chi connectivity index (χ0v) is 16.8. The smallest absolute Gasteiger partial charge is 0.119 e. The van der Waals surface area contributed by atoms with Gasteiger partial charge in [-0.15, -0.1) is 0 Å². The first-order valence-electron chi connectivity index (χ1n) is 10.2. The summed E-state index contributed by atoms with van der Waals surface area (Å²) in [6.45, 7) is 6.48. The van der Waals surface area contributed by atoms with E-state index in [-0.39, 0.29) is 0 Å². The molecule has 0 atom stereocenters. The summed E-state index contributed by atoms with van der Waals surface area (Å²) in [5.41, 5.74) is 3.96. The van der Waals surface area contributed by atoms with Crippen LogP contribution in [0.2, 0.25) is 0 Å². The van der Waals surface area contributed by atoms with Crippen molar-refractivity contribution in [1.29, 1.82) is 0 Å². The molecule has 0 saturated heterocycles. The Bertz CT molecular complexity index is 603. The molecule has 0 unspecified atom stereocenters. The molecule has 142 valence electrons. The number of hydrogen-bond acceptors (Lipinski definition) is 2. The minimum absolute atomic E-state index is 0.917. The van der Waals surface area contributed by atoms with Gasteiger partial charge < -0.3 is 9.64 Å². The molecule has 2 aromatic rings. The molecule has 0 fully saturated rings. The van der Waals surface area contributed by atoms with Gasteiger partial charge in [0.05, 0.1) is 7.11 Å². The van der Waals surface area contributed by atoms with Gasteiger partial charge in [-0.3, -0.25) is 0 Å². The molecule has 0 heterocycles. The SMILES string of the molecule is CCCCCCCCCN(Cc1ccc(C)cc1)c1ccc(OC)cc1. The summed E-state index contributed by atoms with van der Waals surface area (Å²) in [7, 11) is 1.72. The summed E-state index contributed by atoms with van der Waals surface area (Å²) in [4.78, 5) is 2.50. The van der Waals surface area contributed by atoms with Crippen LogP contribution in [-0.4, -0.2) is 13.7 Å². The van der Waals surface area contributed by atoms with E-state index < -0.39 is 0 Å². The van der Waals surface area contributed by atoms with Crippen LogP contribution in [0, 0.1) is 6.92 Å². The van der Waals surface area contributed by atoms with E-state index in [0.717, 1.165) is 18.8 Å². The highest BCUT2D eigenvalue weighted by atomic mass is 16.5. The Morgan fingerprint density at radius 1 is 0.769 bits per heavy atom. The molecule has 2 nitrogen and oxygen atoms in total. The summed E-state index contributed by atoms with van der Waals surface area (Å²) in [6.07, 6.45) is 9.42. The van der Waals surface area contributed by atoms with Crippen molar-refractivity contribution in [3.8, 4) is 5.75 Å². The normalized spacial score (nSPS) is 10.7. The van der Waals surface area contributed by atoms with Crippen LogP contribution in [0.5, 0.6) is 5.75 Å². The Labute approximate surface area is 160 Å². The highest BCUT2D eigenvalue weighted by molar-refractivity contribution is 5.49. The van der Waals surface area contributed by atoms with E-state index in [9.17, 15) is 0 Å². The number of rotatable bonds is 12. The van der Waals surface area contributed by atoms with E-state index in [4.69, 9.17) is 4.74 Å². The number of benzene rings is 2. The van der Waals surface area contributed by atoms with E-state index in [1.165, 1.54) is 61.8 Å². The van der Waals surface area contributed by atoms with Crippen LogP contribution in [0.1, 0.15) is 63.0 Å². The van der Waals surface area contributed by atoms with E-state index in [1.807, 2.05) is 0 Å². The van der Waals surface area contributed by atoms with Crippen molar-refractivity contribution in [2.75, 3.05) is 18.6 Å². The molecule has 0 radical (unpaired) electrons. The second-order valence-electron chi connectivity index (χ2n) is 7.23. The second kappa shape index (κ2) is 11.6. The molecule has 26 heavy (non-hydrogen) atoms. The topological polar surface area (TPSA) is 12.5 Å². The monoisotopic (exact) mass is 353 g/mol. The molecule has 2 aromatic carbocycles. The zero-order valence-electron chi connectivity index (χ0n) is 16.8. The molecule has 2 heteroatoms. The Morgan fingerprint density at radius 3 is 2.00 bits per heavy atom. The van der Waals surface area contributed by atoms with Crippen molar-refractivity contribution in [3.05, 3.63) is 59.7 Å². The third-order valence-corrected chi connectivity index (χ3v) is 4.96. The first kappa shape index (κ1) is 20.4. The molecule has 0 amide bonds.